The zero-order valence-electron chi connectivity index (χ0n) is 17.0. The molecule has 2 aromatic carbocycles. The third-order valence-corrected chi connectivity index (χ3v) is 4.90. The number of ether oxygens (including phenoxy) is 1. The van der Waals surface area contributed by atoms with E-state index in [2.05, 4.69) is 12.2 Å². The molecule has 0 unspecified atom stereocenters. The van der Waals surface area contributed by atoms with Gasteiger partial charge in [0.15, 0.2) is 0 Å². The summed E-state index contributed by atoms with van der Waals surface area (Å²) >= 11 is 0. The van der Waals surface area contributed by atoms with Crippen molar-refractivity contribution >= 4 is 23.4 Å². The number of nitrogens with zero attached hydrogens (tertiary/aromatic N) is 1. The van der Waals surface area contributed by atoms with Crippen LogP contribution in [0.2, 0.25) is 0 Å². The molecule has 1 aliphatic rings. The summed E-state index contributed by atoms with van der Waals surface area (Å²) in [4.78, 5) is 39.9. The number of nitrogens with one attached hydrogen (secondary N) is 1. The lowest BCUT2D eigenvalue weighted by molar-refractivity contribution is -0.121. The van der Waals surface area contributed by atoms with E-state index in [-0.39, 0.29) is 5.92 Å². The molecular formula is C23H26N2O4. The molecule has 0 aromatic heterocycles. The van der Waals surface area contributed by atoms with E-state index in [9.17, 15) is 14.4 Å². The van der Waals surface area contributed by atoms with Crippen molar-refractivity contribution < 1.29 is 19.1 Å². The normalized spacial score (nSPS) is 14.1. The van der Waals surface area contributed by atoms with E-state index in [1.54, 1.807) is 42.5 Å². The summed E-state index contributed by atoms with van der Waals surface area (Å²) in [5.41, 5.74) is 1.19. The molecule has 3 amide bonds. The van der Waals surface area contributed by atoms with Crippen molar-refractivity contribution in [3.8, 4) is 5.75 Å². The first kappa shape index (κ1) is 20.6. The van der Waals surface area contributed by atoms with Gasteiger partial charge >= 0.3 is 0 Å². The van der Waals surface area contributed by atoms with Gasteiger partial charge in [-0.05, 0) is 36.6 Å². The summed E-state index contributed by atoms with van der Waals surface area (Å²) in [6.07, 6.45) is 1.91. The van der Waals surface area contributed by atoms with E-state index >= 15 is 0 Å². The quantitative estimate of drug-likeness (QED) is 0.540. The number of amides is 3. The van der Waals surface area contributed by atoms with Crippen molar-refractivity contribution in [3.05, 3.63) is 59.7 Å². The molecule has 29 heavy (non-hydrogen) atoms. The van der Waals surface area contributed by atoms with Gasteiger partial charge in [-0.15, -0.1) is 0 Å². The van der Waals surface area contributed by atoms with Gasteiger partial charge in [0.1, 0.15) is 11.8 Å². The summed E-state index contributed by atoms with van der Waals surface area (Å²) in [5.74, 6) is -0.982. The molecule has 0 spiro atoms. The fourth-order valence-corrected chi connectivity index (χ4v) is 3.41. The Hall–Kier alpha value is -3.15. The highest BCUT2D eigenvalue weighted by molar-refractivity contribution is 6.23. The largest absolute Gasteiger partial charge is 0.491 e. The number of anilines is 1. The van der Waals surface area contributed by atoms with E-state index in [1.807, 2.05) is 19.9 Å². The summed E-state index contributed by atoms with van der Waals surface area (Å²) < 4.78 is 5.77. The molecule has 3 rings (SSSR count). The number of para-hydroxylation sites is 2. The fraction of sp³-hybridized carbons (Fsp3) is 0.348. The van der Waals surface area contributed by atoms with Crippen molar-refractivity contribution in [2.24, 2.45) is 5.92 Å². The van der Waals surface area contributed by atoms with E-state index in [0.717, 1.165) is 17.7 Å². The zero-order chi connectivity index (χ0) is 21.0. The van der Waals surface area contributed by atoms with Crippen LogP contribution in [0.3, 0.4) is 0 Å². The lowest BCUT2D eigenvalue weighted by Crippen LogP contribution is -2.50. The number of carbonyl (C=O) groups is 3. The zero-order valence-corrected chi connectivity index (χ0v) is 17.0. The van der Waals surface area contributed by atoms with Gasteiger partial charge in [0, 0.05) is 0 Å². The second kappa shape index (κ2) is 8.90. The van der Waals surface area contributed by atoms with Crippen LogP contribution in [0.5, 0.6) is 5.75 Å². The Balaban J connectivity index is 1.84. The van der Waals surface area contributed by atoms with Gasteiger partial charge in [-0.1, -0.05) is 51.5 Å². The highest BCUT2D eigenvalue weighted by Crippen LogP contribution is 2.29. The van der Waals surface area contributed by atoms with Crippen LogP contribution in [-0.2, 0) is 4.79 Å². The Kier molecular flexibility index (Phi) is 6.32. The van der Waals surface area contributed by atoms with Crippen molar-refractivity contribution in [3.63, 3.8) is 0 Å². The Morgan fingerprint density at radius 1 is 1.00 bits per heavy atom. The molecule has 0 bridgehead atoms. The second-order valence-corrected chi connectivity index (χ2v) is 7.40. The molecule has 1 aliphatic heterocycles. The van der Waals surface area contributed by atoms with Crippen LogP contribution in [-0.4, -0.2) is 35.3 Å². The smallest absolute Gasteiger partial charge is 0.262 e. The molecule has 1 atom stereocenters. The minimum atomic E-state index is -0.925. The number of unbranched alkanes of at least 4 members (excludes halogenated alkanes) is 1. The lowest BCUT2D eigenvalue weighted by atomic mass is 10.0. The first-order chi connectivity index (χ1) is 14.0. The summed E-state index contributed by atoms with van der Waals surface area (Å²) in [5, 5.41) is 2.85. The number of fused-ring (bicyclic) bond motifs is 1. The molecule has 1 heterocycles. The monoisotopic (exact) mass is 394 g/mol. The topological polar surface area (TPSA) is 75.7 Å². The number of carbonyl (C=O) groups excluding carboxylic acids is 3. The molecule has 1 N–H and O–H groups in total. The Morgan fingerprint density at radius 2 is 1.59 bits per heavy atom. The Morgan fingerprint density at radius 3 is 2.17 bits per heavy atom. The van der Waals surface area contributed by atoms with E-state index in [4.69, 9.17) is 4.74 Å². The van der Waals surface area contributed by atoms with E-state index < -0.39 is 23.8 Å². The van der Waals surface area contributed by atoms with Crippen LogP contribution < -0.4 is 10.1 Å². The van der Waals surface area contributed by atoms with E-state index in [1.165, 1.54) is 0 Å². The van der Waals surface area contributed by atoms with E-state index in [0.29, 0.717) is 29.2 Å². The van der Waals surface area contributed by atoms with Gasteiger partial charge in [0.05, 0.1) is 23.4 Å². The van der Waals surface area contributed by atoms with Gasteiger partial charge in [0.2, 0.25) is 5.91 Å². The van der Waals surface area contributed by atoms with Crippen molar-refractivity contribution in [2.45, 2.75) is 39.7 Å². The molecule has 0 saturated carbocycles. The number of imide groups is 1. The van der Waals surface area contributed by atoms with Crippen LogP contribution in [0.1, 0.15) is 54.3 Å². The van der Waals surface area contributed by atoms with Crippen molar-refractivity contribution in [1.82, 2.24) is 4.90 Å². The summed E-state index contributed by atoms with van der Waals surface area (Å²) in [6.45, 7) is 6.26. The number of hydrogen-bond donors (Lipinski definition) is 1. The maximum absolute atomic E-state index is 13.2. The molecule has 152 valence electrons. The molecule has 0 fully saturated rings. The molecule has 0 radical (unpaired) electrons. The van der Waals surface area contributed by atoms with Crippen LogP contribution in [0, 0.1) is 5.92 Å². The van der Waals surface area contributed by atoms with Crippen molar-refractivity contribution in [1.29, 1.82) is 0 Å². The Labute approximate surface area is 170 Å². The van der Waals surface area contributed by atoms with Crippen LogP contribution in [0.15, 0.2) is 48.5 Å². The minimum absolute atomic E-state index is 0.259. The number of rotatable bonds is 8. The van der Waals surface area contributed by atoms with Crippen LogP contribution in [0.4, 0.5) is 5.69 Å². The average molecular weight is 394 g/mol. The SMILES string of the molecule is CCCCOc1ccccc1NC(=O)[C@H](C(C)C)N1C(=O)c2ccccc2C1=O. The summed E-state index contributed by atoms with van der Waals surface area (Å²) in [6, 6.07) is 12.9. The summed E-state index contributed by atoms with van der Waals surface area (Å²) in [7, 11) is 0. The fourth-order valence-electron chi connectivity index (χ4n) is 3.41. The standard InChI is InChI=1S/C23H26N2O4/c1-4-5-14-29-19-13-9-8-12-18(19)24-21(26)20(15(2)3)25-22(27)16-10-6-7-11-17(16)23(25)28/h6-13,15,20H,4-5,14H2,1-3H3,(H,24,26)/t20-/m0/s1. The van der Waals surface area contributed by atoms with Gasteiger partial charge in [-0.25, -0.2) is 0 Å². The van der Waals surface area contributed by atoms with Crippen LogP contribution >= 0.6 is 0 Å². The molecule has 2 aromatic rings. The maximum atomic E-state index is 13.2. The van der Waals surface area contributed by atoms with Gasteiger partial charge < -0.3 is 10.1 Å². The van der Waals surface area contributed by atoms with Gasteiger partial charge in [-0.2, -0.15) is 0 Å². The molecule has 0 saturated heterocycles. The van der Waals surface area contributed by atoms with Crippen molar-refractivity contribution in [2.75, 3.05) is 11.9 Å². The minimum Gasteiger partial charge on any atom is -0.491 e. The first-order valence-electron chi connectivity index (χ1n) is 9.95. The predicted octanol–water partition coefficient (Wildman–Crippen LogP) is 4.12. The average Bonchev–Trinajstić information content (AvgIpc) is 2.95. The van der Waals surface area contributed by atoms with Gasteiger partial charge in [0.25, 0.3) is 11.8 Å². The second-order valence-electron chi connectivity index (χ2n) is 7.40. The third-order valence-electron chi connectivity index (χ3n) is 4.90. The molecule has 6 nitrogen and oxygen atoms in total. The lowest BCUT2D eigenvalue weighted by Gasteiger charge is -2.28. The van der Waals surface area contributed by atoms with Gasteiger partial charge in [-0.3, -0.25) is 19.3 Å². The molecular weight excluding hydrogens is 368 g/mol. The number of benzene rings is 2. The maximum Gasteiger partial charge on any atom is 0.262 e. The number of hydrogen-bond acceptors (Lipinski definition) is 4. The molecule has 0 aliphatic carbocycles. The predicted molar refractivity (Wildman–Crippen MR) is 111 cm³/mol. The Bertz CT molecular complexity index is 888. The highest BCUT2D eigenvalue weighted by Gasteiger charge is 2.44. The highest BCUT2D eigenvalue weighted by atomic mass is 16.5. The van der Waals surface area contributed by atoms with Crippen LogP contribution in [0.25, 0.3) is 0 Å². The molecule has 6 heteroatoms. The third kappa shape index (κ3) is 4.16. The first-order valence-corrected chi connectivity index (χ1v) is 9.95.